The van der Waals surface area contributed by atoms with Crippen molar-refractivity contribution in [3.8, 4) is 0 Å². The SMILES string of the molecule is CC12C=CC(C(C(=O)O)C1C(=O)O)C(C(=O)O)C2C(=O)O. The Kier molecular flexibility index (Phi) is 3.27. The lowest BCUT2D eigenvalue weighted by molar-refractivity contribution is -0.186. The van der Waals surface area contributed by atoms with Crippen LogP contribution in [0.15, 0.2) is 12.2 Å². The molecule has 0 radical (unpaired) electrons. The van der Waals surface area contributed by atoms with Crippen molar-refractivity contribution in [2.24, 2.45) is 35.0 Å². The van der Waals surface area contributed by atoms with Crippen molar-refractivity contribution in [1.82, 2.24) is 0 Å². The van der Waals surface area contributed by atoms with E-state index in [2.05, 4.69) is 0 Å². The van der Waals surface area contributed by atoms with E-state index in [9.17, 15) is 39.6 Å². The number of hydrogen-bond donors (Lipinski definition) is 4. The second-order valence-electron chi connectivity index (χ2n) is 5.66. The molecule has 0 aromatic rings. The number of carboxylic acids is 4. The highest BCUT2D eigenvalue weighted by atomic mass is 16.4. The van der Waals surface area contributed by atoms with Crippen LogP contribution in [0.2, 0.25) is 0 Å². The normalized spacial score (nSPS) is 40.7. The summed E-state index contributed by atoms with van der Waals surface area (Å²) in [7, 11) is 0. The topological polar surface area (TPSA) is 149 Å². The summed E-state index contributed by atoms with van der Waals surface area (Å²) in [5.41, 5.74) is -1.57. The lowest BCUT2D eigenvalue weighted by Crippen LogP contribution is -2.62. The van der Waals surface area contributed by atoms with Crippen LogP contribution in [-0.4, -0.2) is 44.3 Å². The summed E-state index contributed by atoms with van der Waals surface area (Å²) in [5, 5.41) is 37.2. The minimum atomic E-state index is -1.57. The van der Waals surface area contributed by atoms with Gasteiger partial charge < -0.3 is 20.4 Å². The van der Waals surface area contributed by atoms with Gasteiger partial charge in [-0.15, -0.1) is 0 Å². The van der Waals surface area contributed by atoms with Gasteiger partial charge in [-0.25, -0.2) is 0 Å². The Bertz CT molecular complexity index is 523. The quantitative estimate of drug-likeness (QED) is 0.529. The van der Waals surface area contributed by atoms with Crippen molar-refractivity contribution in [2.45, 2.75) is 6.92 Å². The summed E-state index contributed by atoms with van der Waals surface area (Å²) in [4.78, 5) is 45.8. The molecule has 0 heterocycles. The van der Waals surface area contributed by atoms with Crippen molar-refractivity contribution < 1.29 is 39.6 Å². The van der Waals surface area contributed by atoms with E-state index in [1.165, 1.54) is 19.1 Å². The highest BCUT2D eigenvalue weighted by molar-refractivity contribution is 5.89. The van der Waals surface area contributed by atoms with Gasteiger partial charge in [0.05, 0.1) is 23.7 Å². The third kappa shape index (κ3) is 1.90. The Morgan fingerprint density at radius 2 is 1.19 bits per heavy atom. The molecule has 0 amide bonds. The molecule has 2 bridgehead atoms. The van der Waals surface area contributed by atoms with E-state index in [4.69, 9.17) is 0 Å². The number of carbonyl (C=O) groups is 4. The number of allylic oxidation sites excluding steroid dienone is 2. The smallest absolute Gasteiger partial charge is 0.308 e. The molecule has 8 nitrogen and oxygen atoms in total. The fourth-order valence-electron chi connectivity index (χ4n) is 3.85. The molecule has 1 fully saturated rings. The van der Waals surface area contributed by atoms with E-state index in [0.717, 1.165) is 0 Å². The molecule has 3 aliphatic carbocycles. The van der Waals surface area contributed by atoms with Gasteiger partial charge in [-0.1, -0.05) is 19.1 Å². The summed E-state index contributed by atoms with van der Waals surface area (Å²) in [5.74, 6) is -12.8. The monoisotopic (exact) mass is 298 g/mol. The van der Waals surface area contributed by atoms with Gasteiger partial charge in [-0.2, -0.15) is 0 Å². The fourth-order valence-corrected chi connectivity index (χ4v) is 3.85. The number of carboxylic acid groups (broad SMARTS) is 4. The van der Waals surface area contributed by atoms with E-state index in [1.807, 2.05) is 0 Å². The molecule has 0 spiro atoms. The van der Waals surface area contributed by atoms with Crippen LogP contribution < -0.4 is 0 Å². The van der Waals surface area contributed by atoms with Crippen molar-refractivity contribution in [3.63, 3.8) is 0 Å². The highest BCUT2D eigenvalue weighted by Crippen LogP contribution is 2.58. The Morgan fingerprint density at radius 1 is 0.810 bits per heavy atom. The first-order valence-electron chi connectivity index (χ1n) is 6.23. The van der Waals surface area contributed by atoms with Crippen LogP contribution in [-0.2, 0) is 19.2 Å². The summed E-state index contributed by atoms with van der Waals surface area (Å²) in [6.45, 7) is 1.29. The molecular formula is C13H14O8. The molecular weight excluding hydrogens is 284 g/mol. The van der Waals surface area contributed by atoms with Crippen molar-refractivity contribution in [3.05, 3.63) is 12.2 Å². The molecule has 0 aromatic carbocycles. The van der Waals surface area contributed by atoms with Gasteiger partial charge in [-0.05, 0) is 0 Å². The first-order valence-corrected chi connectivity index (χ1v) is 6.23. The Labute approximate surface area is 118 Å². The van der Waals surface area contributed by atoms with Gasteiger partial charge in [0.15, 0.2) is 0 Å². The number of rotatable bonds is 4. The molecule has 0 saturated heterocycles. The molecule has 3 rings (SSSR count). The molecule has 1 saturated carbocycles. The van der Waals surface area contributed by atoms with Gasteiger partial charge in [0.25, 0.3) is 0 Å². The zero-order valence-electron chi connectivity index (χ0n) is 11.0. The summed E-state index contributed by atoms with van der Waals surface area (Å²) in [6.07, 6.45) is 2.67. The van der Waals surface area contributed by atoms with E-state index in [0.29, 0.717) is 0 Å². The molecule has 4 atom stereocenters. The lowest BCUT2D eigenvalue weighted by atomic mass is 9.46. The molecule has 114 valence electrons. The molecule has 4 unspecified atom stereocenters. The first-order chi connectivity index (χ1) is 9.62. The van der Waals surface area contributed by atoms with Gasteiger partial charge in [0, 0.05) is 11.3 Å². The number of aliphatic carboxylic acids is 4. The predicted octanol–water partition coefficient (Wildman–Crippen LogP) is -0.00450. The van der Waals surface area contributed by atoms with Crippen LogP contribution in [0.3, 0.4) is 0 Å². The molecule has 0 aliphatic heterocycles. The number of hydrogen-bond acceptors (Lipinski definition) is 4. The van der Waals surface area contributed by atoms with E-state index in [1.54, 1.807) is 0 Å². The Morgan fingerprint density at radius 3 is 1.48 bits per heavy atom. The zero-order chi connectivity index (χ0) is 16.1. The molecule has 8 heteroatoms. The average molecular weight is 298 g/mol. The zero-order valence-corrected chi connectivity index (χ0v) is 11.0. The fraction of sp³-hybridized carbons (Fsp3) is 0.538. The Hall–Kier alpha value is -2.38. The van der Waals surface area contributed by atoms with Crippen LogP contribution in [0.25, 0.3) is 0 Å². The minimum Gasteiger partial charge on any atom is -0.481 e. The van der Waals surface area contributed by atoms with Crippen LogP contribution in [0, 0.1) is 35.0 Å². The average Bonchev–Trinajstić information content (AvgIpc) is 2.35. The van der Waals surface area contributed by atoms with E-state index < -0.39 is 58.9 Å². The summed E-state index contributed by atoms with van der Waals surface area (Å²) in [6, 6.07) is 0. The Balaban J connectivity index is 2.68. The standard InChI is InChI=1S/C13H14O8/c1-13-3-2-4(5(9(14)15)7(13)11(18)19)6(10(16)17)8(13)12(20)21/h2-8H,1H3,(H,14,15)(H,16,17)(H,18,19)(H,20,21). The minimum absolute atomic E-state index is 1.16. The van der Waals surface area contributed by atoms with E-state index in [-0.39, 0.29) is 0 Å². The van der Waals surface area contributed by atoms with Crippen LogP contribution in [0.1, 0.15) is 6.92 Å². The van der Waals surface area contributed by atoms with Gasteiger partial charge in [0.2, 0.25) is 0 Å². The molecule has 0 aromatic heterocycles. The highest BCUT2D eigenvalue weighted by Gasteiger charge is 2.66. The van der Waals surface area contributed by atoms with Crippen LogP contribution >= 0.6 is 0 Å². The van der Waals surface area contributed by atoms with Gasteiger partial charge in [0.1, 0.15) is 0 Å². The summed E-state index contributed by atoms with van der Waals surface area (Å²) >= 11 is 0. The van der Waals surface area contributed by atoms with E-state index >= 15 is 0 Å². The molecule has 4 N–H and O–H groups in total. The van der Waals surface area contributed by atoms with Crippen molar-refractivity contribution in [1.29, 1.82) is 0 Å². The third-order valence-electron chi connectivity index (χ3n) is 4.67. The van der Waals surface area contributed by atoms with Crippen LogP contribution in [0.4, 0.5) is 0 Å². The molecule has 21 heavy (non-hydrogen) atoms. The largest absolute Gasteiger partial charge is 0.481 e. The first kappa shape index (κ1) is 15.0. The summed E-state index contributed by atoms with van der Waals surface area (Å²) < 4.78 is 0. The predicted molar refractivity (Wildman–Crippen MR) is 65.2 cm³/mol. The second-order valence-corrected chi connectivity index (χ2v) is 5.66. The maximum Gasteiger partial charge on any atom is 0.308 e. The van der Waals surface area contributed by atoms with Gasteiger partial charge in [-0.3, -0.25) is 19.2 Å². The maximum atomic E-state index is 11.5. The second kappa shape index (κ2) is 4.57. The third-order valence-corrected chi connectivity index (χ3v) is 4.67. The number of fused-ring (bicyclic) bond motifs is 2. The lowest BCUT2D eigenvalue weighted by Gasteiger charge is -2.53. The van der Waals surface area contributed by atoms with Crippen molar-refractivity contribution >= 4 is 23.9 Å². The van der Waals surface area contributed by atoms with Gasteiger partial charge >= 0.3 is 23.9 Å². The van der Waals surface area contributed by atoms with Crippen LogP contribution in [0.5, 0.6) is 0 Å². The van der Waals surface area contributed by atoms with Crippen molar-refractivity contribution in [2.75, 3.05) is 0 Å². The maximum absolute atomic E-state index is 11.5. The molecule has 3 aliphatic rings.